The molecule has 0 bridgehead atoms. The molecule has 8 heteroatoms. The lowest BCUT2D eigenvalue weighted by atomic mass is 9.94. The Bertz CT molecular complexity index is 881. The number of carboxylic acids is 2. The molecular formula is C25H32N2O6. The van der Waals surface area contributed by atoms with Gasteiger partial charge in [-0.25, -0.2) is 9.59 Å². The lowest BCUT2D eigenvalue weighted by Crippen LogP contribution is -2.42. The van der Waals surface area contributed by atoms with Gasteiger partial charge in [-0.15, -0.1) is 0 Å². The highest BCUT2D eigenvalue weighted by Crippen LogP contribution is 2.22. The van der Waals surface area contributed by atoms with Gasteiger partial charge in [-0.2, -0.15) is 0 Å². The van der Waals surface area contributed by atoms with E-state index in [0.717, 1.165) is 44.8 Å². The maximum atomic E-state index is 13.0. The first-order valence-electron chi connectivity index (χ1n) is 11.0. The Labute approximate surface area is 194 Å². The molecule has 178 valence electrons. The molecule has 0 atom stereocenters. The van der Waals surface area contributed by atoms with Gasteiger partial charge in [0.2, 0.25) is 5.91 Å². The quantitative estimate of drug-likeness (QED) is 0.617. The molecule has 1 heterocycles. The van der Waals surface area contributed by atoms with Crippen molar-refractivity contribution in [3.63, 3.8) is 0 Å². The number of carbonyl (C=O) groups is 3. The highest BCUT2D eigenvalue weighted by Gasteiger charge is 2.28. The molecule has 3 rings (SSSR count). The summed E-state index contributed by atoms with van der Waals surface area (Å²) >= 11 is 0. The second-order valence-corrected chi connectivity index (χ2v) is 7.85. The van der Waals surface area contributed by atoms with Crippen LogP contribution in [0.15, 0.2) is 54.6 Å². The van der Waals surface area contributed by atoms with Gasteiger partial charge >= 0.3 is 11.9 Å². The lowest BCUT2D eigenvalue weighted by Gasteiger charge is -2.34. The lowest BCUT2D eigenvalue weighted by molar-refractivity contribution is -0.159. The van der Waals surface area contributed by atoms with Crippen molar-refractivity contribution in [1.29, 1.82) is 0 Å². The predicted molar refractivity (Wildman–Crippen MR) is 124 cm³/mol. The molecule has 1 amide bonds. The molecule has 1 aliphatic rings. The molecule has 2 aromatic carbocycles. The van der Waals surface area contributed by atoms with E-state index in [1.54, 1.807) is 7.11 Å². The molecule has 0 unspecified atom stereocenters. The van der Waals surface area contributed by atoms with Crippen molar-refractivity contribution >= 4 is 17.8 Å². The Kier molecular flexibility index (Phi) is 10.4. The van der Waals surface area contributed by atoms with Crippen molar-refractivity contribution in [1.82, 2.24) is 9.80 Å². The first-order chi connectivity index (χ1) is 15.8. The number of carboxylic acid groups (broad SMARTS) is 2. The number of ether oxygens (including phenoxy) is 1. The van der Waals surface area contributed by atoms with Crippen LogP contribution in [0.25, 0.3) is 0 Å². The van der Waals surface area contributed by atoms with Crippen LogP contribution in [0.2, 0.25) is 0 Å². The van der Waals surface area contributed by atoms with Gasteiger partial charge in [-0.3, -0.25) is 9.69 Å². The van der Waals surface area contributed by atoms with E-state index in [4.69, 9.17) is 24.5 Å². The largest absolute Gasteiger partial charge is 0.497 e. The smallest absolute Gasteiger partial charge is 0.414 e. The summed E-state index contributed by atoms with van der Waals surface area (Å²) in [7, 11) is 1.69. The van der Waals surface area contributed by atoms with Crippen molar-refractivity contribution in [2.75, 3.05) is 26.7 Å². The summed E-state index contributed by atoms with van der Waals surface area (Å²) in [6, 6.07) is 18.5. The zero-order valence-corrected chi connectivity index (χ0v) is 19.1. The maximum absolute atomic E-state index is 13.0. The van der Waals surface area contributed by atoms with Crippen LogP contribution in [0.3, 0.4) is 0 Å². The van der Waals surface area contributed by atoms with Crippen LogP contribution < -0.4 is 4.74 Å². The van der Waals surface area contributed by atoms with Gasteiger partial charge in [-0.1, -0.05) is 42.5 Å². The Morgan fingerprint density at radius 1 is 0.939 bits per heavy atom. The number of likely N-dealkylation sites (tertiary alicyclic amines) is 1. The van der Waals surface area contributed by atoms with Gasteiger partial charge in [0.25, 0.3) is 0 Å². The zero-order valence-electron chi connectivity index (χ0n) is 19.1. The number of hydrogen-bond acceptors (Lipinski definition) is 5. The molecular weight excluding hydrogens is 424 g/mol. The third kappa shape index (κ3) is 8.57. The summed E-state index contributed by atoms with van der Waals surface area (Å²) in [5.41, 5.74) is 2.49. The minimum Gasteiger partial charge on any atom is -0.497 e. The van der Waals surface area contributed by atoms with E-state index in [9.17, 15) is 4.79 Å². The van der Waals surface area contributed by atoms with Gasteiger partial charge in [-0.05, 0) is 56.1 Å². The van der Waals surface area contributed by atoms with Crippen LogP contribution >= 0.6 is 0 Å². The van der Waals surface area contributed by atoms with Crippen LogP contribution in [-0.2, 0) is 27.5 Å². The van der Waals surface area contributed by atoms with E-state index >= 15 is 0 Å². The number of amides is 1. The predicted octanol–water partition coefficient (Wildman–Crippen LogP) is 3.11. The molecule has 0 radical (unpaired) electrons. The standard InChI is InChI=1S/C23H30N2O2.C2H2O4/c1-3-25(18-19-7-5-4-6-8-19)23(26)21-13-15-24(16-14-21)17-20-9-11-22(27-2)12-10-20;3-1(4)2(5)6/h4-12,21H,3,13-18H2,1-2H3;(H,3,4)(H,5,6). The molecule has 1 saturated heterocycles. The van der Waals surface area contributed by atoms with E-state index < -0.39 is 11.9 Å². The highest BCUT2D eigenvalue weighted by molar-refractivity contribution is 6.27. The molecule has 1 aliphatic heterocycles. The normalized spacial score (nSPS) is 14.0. The number of rotatable bonds is 7. The Morgan fingerprint density at radius 2 is 1.52 bits per heavy atom. The Hall–Kier alpha value is -3.39. The number of aliphatic carboxylic acids is 2. The summed E-state index contributed by atoms with van der Waals surface area (Å²) < 4.78 is 5.22. The van der Waals surface area contributed by atoms with Crippen LogP contribution in [-0.4, -0.2) is 64.6 Å². The fourth-order valence-electron chi connectivity index (χ4n) is 3.73. The number of hydrogen-bond donors (Lipinski definition) is 2. The number of benzene rings is 2. The molecule has 2 N–H and O–H groups in total. The third-order valence-corrected chi connectivity index (χ3v) is 5.59. The van der Waals surface area contributed by atoms with Crippen molar-refractivity contribution < 1.29 is 29.3 Å². The topological polar surface area (TPSA) is 107 Å². The SMILES string of the molecule is CCN(Cc1ccccc1)C(=O)C1CCN(Cc2ccc(OC)cc2)CC1.O=C(O)C(=O)O. The third-order valence-electron chi connectivity index (χ3n) is 5.59. The van der Waals surface area contributed by atoms with Crippen LogP contribution in [0.5, 0.6) is 5.75 Å². The van der Waals surface area contributed by atoms with Gasteiger partial charge in [0.1, 0.15) is 5.75 Å². The number of carbonyl (C=O) groups excluding carboxylic acids is 1. The monoisotopic (exact) mass is 456 g/mol. The number of methoxy groups -OCH3 is 1. The van der Waals surface area contributed by atoms with Crippen molar-refractivity contribution in [2.45, 2.75) is 32.9 Å². The molecule has 0 spiro atoms. The highest BCUT2D eigenvalue weighted by atomic mass is 16.5. The van der Waals surface area contributed by atoms with E-state index in [1.165, 1.54) is 11.1 Å². The maximum Gasteiger partial charge on any atom is 0.414 e. The molecule has 33 heavy (non-hydrogen) atoms. The fourth-order valence-corrected chi connectivity index (χ4v) is 3.73. The average Bonchev–Trinajstić information content (AvgIpc) is 2.84. The first kappa shape index (κ1) is 25.9. The summed E-state index contributed by atoms with van der Waals surface area (Å²) in [6.07, 6.45) is 1.89. The van der Waals surface area contributed by atoms with Gasteiger partial charge in [0.05, 0.1) is 7.11 Å². The van der Waals surface area contributed by atoms with E-state index in [2.05, 4.69) is 36.1 Å². The number of piperidine rings is 1. The van der Waals surface area contributed by atoms with E-state index in [0.29, 0.717) is 12.5 Å². The van der Waals surface area contributed by atoms with Gasteiger partial charge < -0.3 is 19.8 Å². The van der Waals surface area contributed by atoms with Crippen LogP contribution in [0.1, 0.15) is 30.9 Å². The summed E-state index contributed by atoms with van der Waals surface area (Å²) in [4.78, 5) is 35.6. The second kappa shape index (κ2) is 13.2. The van der Waals surface area contributed by atoms with Crippen LogP contribution in [0, 0.1) is 5.92 Å². The zero-order chi connectivity index (χ0) is 24.2. The summed E-state index contributed by atoms with van der Waals surface area (Å²) in [5.74, 6) is -2.29. The van der Waals surface area contributed by atoms with Crippen molar-refractivity contribution in [2.24, 2.45) is 5.92 Å². The minimum absolute atomic E-state index is 0.153. The van der Waals surface area contributed by atoms with Gasteiger partial charge in [0.15, 0.2) is 0 Å². The van der Waals surface area contributed by atoms with Crippen molar-refractivity contribution in [3.05, 3.63) is 65.7 Å². The van der Waals surface area contributed by atoms with E-state index in [-0.39, 0.29) is 5.92 Å². The Balaban J connectivity index is 0.000000569. The molecule has 8 nitrogen and oxygen atoms in total. The number of nitrogens with zero attached hydrogens (tertiary/aromatic N) is 2. The average molecular weight is 457 g/mol. The van der Waals surface area contributed by atoms with Gasteiger partial charge in [0, 0.05) is 25.6 Å². The molecule has 1 fully saturated rings. The Morgan fingerprint density at radius 3 is 2.00 bits per heavy atom. The van der Waals surface area contributed by atoms with Crippen molar-refractivity contribution in [3.8, 4) is 5.75 Å². The first-order valence-corrected chi connectivity index (χ1v) is 11.0. The molecule has 0 saturated carbocycles. The van der Waals surface area contributed by atoms with Crippen LogP contribution in [0.4, 0.5) is 0 Å². The summed E-state index contributed by atoms with van der Waals surface area (Å²) in [5, 5.41) is 14.8. The minimum atomic E-state index is -1.82. The summed E-state index contributed by atoms with van der Waals surface area (Å²) in [6.45, 7) is 6.44. The molecule has 0 aromatic heterocycles. The molecule has 2 aromatic rings. The fraction of sp³-hybridized carbons (Fsp3) is 0.400. The van der Waals surface area contributed by atoms with E-state index in [1.807, 2.05) is 35.2 Å². The second-order valence-electron chi connectivity index (χ2n) is 7.85. The molecule has 0 aliphatic carbocycles.